The first kappa shape index (κ1) is 14.5. The number of carbonyl (C=O) groups is 1. The highest BCUT2D eigenvalue weighted by Crippen LogP contribution is 2.18. The first-order chi connectivity index (χ1) is 9.65. The second-order valence-corrected chi connectivity index (χ2v) is 5.22. The van der Waals surface area contributed by atoms with E-state index in [0.717, 1.165) is 37.9 Å². The summed E-state index contributed by atoms with van der Waals surface area (Å²) in [5.41, 5.74) is 2.15. The van der Waals surface area contributed by atoms with Crippen LogP contribution in [0.25, 0.3) is 0 Å². The molecular formula is C16H20N2O2. The molecule has 1 saturated heterocycles. The van der Waals surface area contributed by atoms with Gasteiger partial charge in [0.1, 0.15) is 0 Å². The molecule has 0 bridgehead atoms. The van der Waals surface area contributed by atoms with Crippen LogP contribution >= 0.6 is 0 Å². The van der Waals surface area contributed by atoms with Crippen molar-refractivity contribution in [2.75, 3.05) is 20.2 Å². The van der Waals surface area contributed by atoms with Gasteiger partial charge in [-0.05, 0) is 49.9 Å². The smallest absolute Gasteiger partial charge is 0.254 e. The minimum absolute atomic E-state index is 0.0590. The van der Waals surface area contributed by atoms with Gasteiger partial charge in [-0.15, -0.1) is 0 Å². The van der Waals surface area contributed by atoms with E-state index in [-0.39, 0.29) is 12.0 Å². The molecule has 1 aromatic rings. The first-order valence-electron chi connectivity index (χ1n) is 6.98. The molecule has 0 N–H and O–H groups in total. The van der Waals surface area contributed by atoms with Crippen molar-refractivity contribution in [3.8, 4) is 6.07 Å². The van der Waals surface area contributed by atoms with Gasteiger partial charge in [0.15, 0.2) is 0 Å². The third-order valence-corrected chi connectivity index (χ3v) is 3.88. The van der Waals surface area contributed by atoms with E-state index < -0.39 is 0 Å². The van der Waals surface area contributed by atoms with E-state index >= 15 is 0 Å². The lowest BCUT2D eigenvalue weighted by Crippen LogP contribution is -2.32. The second kappa shape index (κ2) is 6.53. The van der Waals surface area contributed by atoms with Gasteiger partial charge in [-0.25, -0.2) is 0 Å². The maximum atomic E-state index is 12.6. The molecule has 1 aliphatic rings. The zero-order valence-electron chi connectivity index (χ0n) is 12.1. The van der Waals surface area contributed by atoms with Gasteiger partial charge in [-0.3, -0.25) is 4.79 Å². The summed E-state index contributed by atoms with van der Waals surface area (Å²) in [7, 11) is 1.73. The molecule has 1 heterocycles. The van der Waals surface area contributed by atoms with Crippen LogP contribution in [0.5, 0.6) is 0 Å². The van der Waals surface area contributed by atoms with Gasteiger partial charge in [-0.1, -0.05) is 0 Å². The fraction of sp³-hybridized carbons (Fsp3) is 0.500. The van der Waals surface area contributed by atoms with Gasteiger partial charge in [0.25, 0.3) is 5.91 Å². The number of benzene rings is 1. The van der Waals surface area contributed by atoms with E-state index in [9.17, 15) is 4.79 Å². The summed E-state index contributed by atoms with van der Waals surface area (Å²) in [4.78, 5) is 14.5. The number of aryl methyl sites for hydroxylation is 1. The number of likely N-dealkylation sites (tertiary alicyclic amines) is 1. The van der Waals surface area contributed by atoms with E-state index in [4.69, 9.17) is 10.00 Å². The fourth-order valence-corrected chi connectivity index (χ4v) is 2.65. The number of rotatable bonds is 2. The SMILES string of the molecule is COC1CCCN(C(=O)c2ccc(C#N)cc2C)CC1. The molecule has 1 amide bonds. The van der Waals surface area contributed by atoms with Crippen LogP contribution in [0.4, 0.5) is 0 Å². The normalized spacial score (nSPS) is 19.2. The van der Waals surface area contributed by atoms with Crippen molar-refractivity contribution in [3.05, 3.63) is 34.9 Å². The molecule has 0 aromatic heterocycles. The monoisotopic (exact) mass is 272 g/mol. The molecule has 1 aromatic carbocycles. The van der Waals surface area contributed by atoms with E-state index in [1.165, 1.54) is 0 Å². The van der Waals surface area contributed by atoms with Crippen molar-refractivity contribution in [1.29, 1.82) is 5.26 Å². The summed E-state index contributed by atoms with van der Waals surface area (Å²) in [6.45, 7) is 3.39. The Labute approximate surface area is 120 Å². The molecule has 4 heteroatoms. The van der Waals surface area contributed by atoms with Crippen molar-refractivity contribution in [1.82, 2.24) is 4.90 Å². The van der Waals surface area contributed by atoms with Gasteiger partial charge in [0, 0.05) is 25.8 Å². The quantitative estimate of drug-likeness (QED) is 0.831. The van der Waals surface area contributed by atoms with E-state index in [2.05, 4.69) is 6.07 Å². The Morgan fingerprint density at radius 1 is 1.40 bits per heavy atom. The fourth-order valence-electron chi connectivity index (χ4n) is 2.65. The third-order valence-electron chi connectivity index (χ3n) is 3.88. The van der Waals surface area contributed by atoms with Crippen LogP contribution in [-0.2, 0) is 4.74 Å². The molecule has 0 spiro atoms. The number of hydrogen-bond donors (Lipinski definition) is 0. The van der Waals surface area contributed by atoms with Gasteiger partial charge < -0.3 is 9.64 Å². The van der Waals surface area contributed by atoms with Crippen molar-refractivity contribution in [3.63, 3.8) is 0 Å². The van der Waals surface area contributed by atoms with Gasteiger partial charge >= 0.3 is 0 Å². The number of nitriles is 1. The lowest BCUT2D eigenvalue weighted by molar-refractivity contribution is 0.0723. The predicted molar refractivity (Wildman–Crippen MR) is 76.4 cm³/mol. The number of hydrogen-bond acceptors (Lipinski definition) is 3. The van der Waals surface area contributed by atoms with Crippen molar-refractivity contribution in [2.45, 2.75) is 32.3 Å². The number of ether oxygens (including phenoxy) is 1. The lowest BCUT2D eigenvalue weighted by Gasteiger charge is -2.21. The molecule has 0 aliphatic carbocycles. The summed E-state index contributed by atoms with van der Waals surface area (Å²) < 4.78 is 5.38. The van der Waals surface area contributed by atoms with E-state index in [1.807, 2.05) is 11.8 Å². The van der Waals surface area contributed by atoms with Crippen LogP contribution in [0, 0.1) is 18.3 Å². The molecule has 20 heavy (non-hydrogen) atoms. The molecule has 1 aliphatic heterocycles. The summed E-state index contributed by atoms with van der Waals surface area (Å²) >= 11 is 0. The van der Waals surface area contributed by atoms with Crippen LogP contribution in [-0.4, -0.2) is 37.1 Å². The zero-order valence-corrected chi connectivity index (χ0v) is 12.1. The highest BCUT2D eigenvalue weighted by Gasteiger charge is 2.22. The van der Waals surface area contributed by atoms with E-state index in [1.54, 1.807) is 25.3 Å². The van der Waals surface area contributed by atoms with E-state index in [0.29, 0.717) is 11.1 Å². The second-order valence-electron chi connectivity index (χ2n) is 5.22. The lowest BCUT2D eigenvalue weighted by atomic mass is 10.0. The van der Waals surface area contributed by atoms with Crippen LogP contribution in [0.1, 0.15) is 40.7 Å². The third kappa shape index (κ3) is 3.17. The molecule has 4 nitrogen and oxygen atoms in total. The number of methoxy groups -OCH3 is 1. The summed E-state index contributed by atoms with van der Waals surface area (Å²) in [5.74, 6) is 0.0590. The Kier molecular flexibility index (Phi) is 4.75. The molecule has 1 atom stereocenters. The maximum Gasteiger partial charge on any atom is 0.254 e. The minimum Gasteiger partial charge on any atom is -0.381 e. The summed E-state index contributed by atoms with van der Waals surface area (Å²) in [6, 6.07) is 7.33. The highest BCUT2D eigenvalue weighted by atomic mass is 16.5. The molecule has 106 valence electrons. The van der Waals surface area contributed by atoms with Gasteiger partial charge in [-0.2, -0.15) is 5.26 Å². The van der Waals surface area contributed by atoms with Crippen LogP contribution < -0.4 is 0 Å². The number of nitrogens with zero attached hydrogens (tertiary/aromatic N) is 2. The number of carbonyl (C=O) groups excluding carboxylic acids is 1. The van der Waals surface area contributed by atoms with Crippen LogP contribution in [0.3, 0.4) is 0 Å². The maximum absolute atomic E-state index is 12.6. The number of amides is 1. The largest absolute Gasteiger partial charge is 0.381 e. The standard InChI is InChI=1S/C16H20N2O2/c1-12-10-13(11-17)5-6-15(12)16(19)18-8-3-4-14(20-2)7-9-18/h5-6,10,14H,3-4,7-9H2,1-2H3. The van der Waals surface area contributed by atoms with Crippen molar-refractivity contribution < 1.29 is 9.53 Å². The zero-order chi connectivity index (χ0) is 14.5. The van der Waals surface area contributed by atoms with Crippen LogP contribution in [0.2, 0.25) is 0 Å². The Balaban J connectivity index is 2.13. The summed E-state index contributed by atoms with van der Waals surface area (Å²) in [5, 5.41) is 8.87. The molecule has 1 unspecified atom stereocenters. The molecular weight excluding hydrogens is 252 g/mol. The predicted octanol–water partition coefficient (Wildman–Crippen LogP) is 2.51. The van der Waals surface area contributed by atoms with Crippen LogP contribution in [0.15, 0.2) is 18.2 Å². The molecule has 0 radical (unpaired) electrons. The first-order valence-corrected chi connectivity index (χ1v) is 6.98. The Hall–Kier alpha value is -1.86. The molecule has 2 rings (SSSR count). The van der Waals surface area contributed by atoms with Crippen molar-refractivity contribution >= 4 is 5.91 Å². The van der Waals surface area contributed by atoms with Gasteiger partial charge in [0.05, 0.1) is 17.7 Å². The average molecular weight is 272 g/mol. The van der Waals surface area contributed by atoms with Crippen molar-refractivity contribution in [2.24, 2.45) is 0 Å². The topological polar surface area (TPSA) is 53.3 Å². The summed E-state index contributed by atoms with van der Waals surface area (Å²) in [6.07, 6.45) is 3.12. The average Bonchev–Trinajstić information content (AvgIpc) is 2.71. The minimum atomic E-state index is 0.0590. The Morgan fingerprint density at radius 2 is 2.20 bits per heavy atom. The molecule has 1 fully saturated rings. The van der Waals surface area contributed by atoms with Gasteiger partial charge in [0.2, 0.25) is 0 Å². The highest BCUT2D eigenvalue weighted by molar-refractivity contribution is 5.95. The molecule has 0 saturated carbocycles. The Bertz CT molecular complexity index is 534. The Morgan fingerprint density at radius 3 is 2.85 bits per heavy atom.